The van der Waals surface area contributed by atoms with Gasteiger partial charge in [0.1, 0.15) is 13.2 Å². The number of ether oxygens (including phenoxy) is 2. The maximum absolute atomic E-state index is 9.50. The van der Waals surface area contributed by atoms with Gasteiger partial charge in [-0.2, -0.15) is 0 Å². The molecule has 6 heteroatoms. The number of aliphatic hydroxyl groups excluding tert-OH is 1. The Morgan fingerprint density at radius 3 is 2.83 bits per heavy atom. The number of nitrogens with one attached hydrogen (secondary N) is 1. The summed E-state index contributed by atoms with van der Waals surface area (Å²) in [6.45, 7) is 5.97. The zero-order valence-corrected chi connectivity index (χ0v) is 14.1. The van der Waals surface area contributed by atoms with Crippen LogP contribution in [0.1, 0.15) is 24.8 Å². The summed E-state index contributed by atoms with van der Waals surface area (Å²) in [4.78, 5) is 2.43. The number of hydrogen-bond donors (Lipinski definition) is 2. The predicted molar refractivity (Wildman–Crippen MR) is 90.4 cm³/mol. The van der Waals surface area contributed by atoms with Crippen LogP contribution >= 0.6 is 11.6 Å². The molecule has 3 rings (SSSR count). The molecule has 0 bridgehead atoms. The minimum absolute atomic E-state index is 0.0932. The van der Waals surface area contributed by atoms with Crippen LogP contribution in [-0.2, 0) is 6.54 Å². The average molecular weight is 341 g/mol. The van der Waals surface area contributed by atoms with Crippen molar-refractivity contribution >= 4 is 11.6 Å². The minimum Gasteiger partial charge on any atom is -0.486 e. The number of likely N-dealkylation sites (tertiary alicyclic amines) is 1. The van der Waals surface area contributed by atoms with E-state index in [1.807, 2.05) is 12.1 Å². The van der Waals surface area contributed by atoms with Gasteiger partial charge in [-0.3, -0.25) is 0 Å². The number of benzene rings is 1. The Balaban J connectivity index is 1.38. The first-order valence-electron chi connectivity index (χ1n) is 8.41. The number of rotatable bonds is 6. The van der Waals surface area contributed by atoms with Crippen LogP contribution in [0.4, 0.5) is 0 Å². The first-order chi connectivity index (χ1) is 11.2. The fraction of sp³-hybridized carbons (Fsp3) is 0.647. The van der Waals surface area contributed by atoms with Crippen molar-refractivity contribution in [2.45, 2.75) is 31.9 Å². The largest absolute Gasteiger partial charge is 0.486 e. The smallest absolute Gasteiger partial charge is 0.179 e. The zero-order valence-electron chi connectivity index (χ0n) is 13.4. The van der Waals surface area contributed by atoms with Gasteiger partial charge < -0.3 is 24.8 Å². The lowest BCUT2D eigenvalue weighted by atomic mass is 10.1. The summed E-state index contributed by atoms with van der Waals surface area (Å²) in [6, 6.07) is 3.94. The summed E-state index contributed by atoms with van der Waals surface area (Å²) in [7, 11) is 0. The van der Waals surface area contributed by atoms with Gasteiger partial charge in [0.05, 0.1) is 11.1 Å². The first-order valence-corrected chi connectivity index (χ1v) is 8.79. The summed E-state index contributed by atoms with van der Waals surface area (Å²) < 4.78 is 11.1. The average Bonchev–Trinajstić information content (AvgIpc) is 2.56. The summed E-state index contributed by atoms with van der Waals surface area (Å²) in [5.41, 5.74) is 1.11. The molecule has 2 heterocycles. The van der Waals surface area contributed by atoms with E-state index in [1.54, 1.807) is 0 Å². The van der Waals surface area contributed by atoms with Crippen LogP contribution in [0.3, 0.4) is 0 Å². The van der Waals surface area contributed by atoms with Gasteiger partial charge in [-0.25, -0.2) is 0 Å². The van der Waals surface area contributed by atoms with Crippen LogP contribution in [0.15, 0.2) is 12.1 Å². The number of piperidine rings is 1. The third kappa shape index (κ3) is 4.73. The maximum atomic E-state index is 9.50. The molecule has 1 saturated heterocycles. The molecule has 2 N–H and O–H groups in total. The highest BCUT2D eigenvalue weighted by Crippen LogP contribution is 2.38. The lowest BCUT2D eigenvalue weighted by molar-refractivity contribution is 0.0821. The van der Waals surface area contributed by atoms with Crippen molar-refractivity contribution < 1.29 is 14.6 Å². The van der Waals surface area contributed by atoms with E-state index >= 15 is 0 Å². The van der Waals surface area contributed by atoms with Gasteiger partial charge in [0, 0.05) is 19.6 Å². The second-order valence-corrected chi connectivity index (χ2v) is 6.61. The Kier molecular flexibility index (Phi) is 6.00. The standard InChI is InChI=1S/C17H25ClN2O3/c18-15-10-13(11-16-17(15)23-9-8-22-16)12-19-4-1-5-20-6-2-14(21)3-7-20/h10-11,14,19,21H,1-9,12H2. The van der Waals surface area contributed by atoms with Gasteiger partial charge in [-0.15, -0.1) is 0 Å². The SMILES string of the molecule is OC1CCN(CCCNCc2cc(Cl)c3c(c2)OCCO3)CC1. The van der Waals surface area contributed by atoms with Crippen LogP contribution in [0, 0.1) is 0 Å². The molecule has 5 nitrogen and oxygen atoms in total. The van der Waals surface area contributed by atoms with E-state index in [-0.39, 0.29) is 6.10 Å². The Morgan fingerprint density at radius 1 is 1.22 bits per heavy atom. The molecule has 0 saturated carbocycles. The molecule has 1 fully saturated rings. The lowest BCUT2D eigenvalue weighted by Crippen LogP contribution is -2.37. The van der Waals surface area contributed by atoms with Crippen LogP contribution in [-0.4, -0.2) is 55.5 Å². The van der Waals surface area contributed by atoms with E-state index < -0.39 is 0 Å². The van der Waals surface area contributed by atoms with Crippen LogP contribution in [0.5, 0.6) is 11.5 Å². The molecule has 128 valence electrons. The molecule has 2 aliphatic rings. The quantitative estimate of drug-likeness (QED) is 0.776. The minimum atomic E-state index is -0.0932. The number of hydrogen-bond acceptors (Lipinski definition) is 5. The van der Waals surface area contributed by atoms with E-state index in [2.05, 4.69) is 10.2 Å². The number of aliphatic hydroxyl groups is 1. The van der Waals surface area contributed by atoms with Gasteiger partial charge in [-0.1, -0.05) is 11.6 Å². The molecule has 23 heavy (non-hydrogen) atoms. The van der Waals surface area contributed by atoms with Crippen molar-refractivity contribution in [1.82, 2.24) is 10.2 Å². The van der Waals surface area contributed by atoms with Crippen molar-refractivity contribution in [2.75, 3.05) is 39.4 Å². The summed E-state index contributed by atoms with van der Waals surface area (Å²) in [6.07, 6.45) is 2.82. The molecule has 1 aromatic carbocycles. The normalized spacial score (nSPS) is 19.0. The Hall–Kier alpha value is -1.01. The number of nitrogens with zero attached hydrogens (tertiary/aromatic N) is 1. The topological polar surface area (TPSA) is 54.0 Å². The van der Waals surface area contributed by atoms with Gasteiger partial charge in [0.25, 0.3) is 0 Å². The third-order valence-corrected chi connectivity index (χ3v) is 4.65. The molecule has 1 aromatic rings. The van der Waals surface area contributed by atoms with E-state index in [9.17, 15) is 5.11 Å². The van der Waals surface area contributed by atoms with Crippen molar-refractivity contribution in [1.29, 1.82) is 0 Å². The fourth-order valence-electron chi connectivity index (χ4n) is 3.07. The molecule has 0 atom stereocenters. The summed E-state index contributed by atoms with van der Waals surface area (Å²) >= 11 is 6.24. The van der Waals surface area contributed by atoms with Crippen molar-refractivity contribution in [3.63, 3.8) is 0 Å². The first kappa shape index (κ1) is 16.8. The van der Waals surface area contributed by atoms with Crippen molar-refractivity contribution in [3.8, 4) is 11.5 Å². The summed E-state index contributed by atoms with van der Waals surface area (Å²) in [5.74, 6) is 1.40. The zero-order chi connectivity index (χ0) is 16.1. The maximum Gasteiger partial charge on any atom is 0.179 e. The van der Waals surface area contributed by atoms with E-state index in [4.69, 9.17) is 21.1 Å². The molecular formula is C17H25ClN2O3. The molecule has 0 unspecified atom stereocenters. The van der Waals surface area contributed by atoms with E-state index in [0.29, 0.717) is 24.0 Å². The summed E-state index contributed by atoms with van der Waals surface area (Å²) in [5, 5.41) is 13.6. The number of halogens is 1. The van der Waals surface area contributed by atoms with Crippen LogP contribution < -0.4 is 14.8 Å². The van der Waals surface area contributed by atoms with E-state index in [0.717, 1.165) is 63.3 Å². The molecule has 0 amide bonds. The van der Waals surface area contributed by atoms with Gasteiger partial charge in [0.2, 0.25) is 0 Å². The van der Waals surface area contributed by atoms with Gasteiger partial charge >= 0.3 is 0 Å². The third-order valence-electron chi connectivity index (χ3n) is 4.37. The highest BCUT2D eigenvalue weighted by molar-refractivity contribution is 6.32. The Labute approximate surface area is 142 Å². The molecule has 0 spiro atoms. The molecular weight excluding hydrogens is 316 g/mol. The van der Waals surface area contributed by atoms with E-state index in [1.165, 1.54) is 0 Å². The second-order valence-electron chi connectivity index (χ2n) is 6.20. The molecule has 0 aliphatic carbocycles. The monoisotopic (exact) mass is 340 g/mol. The fourth-order valence-corrected chi connectivity index (χ4v) is 3.36. The highest BCUT2D eigenvalue weighted by atomic mass is 35.5. The van der Waals surface area contributed by atoms with Gasteiger partial charge in [0.15, 0.2) is 11.5 Å². The molecule has 0 radical (unpaired) electrons. The van der Waals surface area contributed by atoms with Crippen LogP contribution in [0.25, 0.3) is 0 Å². The Bertz CT molecular complexity index is 519. The number of fused-ring (bicyclic) bond motifs is 1. The predicted octanol–water partition coefficient (Wildman–Crippen LogP) is 2.05. The lowest BCUT2D eigenvalue weighted by Gasteiger charge is -2.29. The van der Waals surface area contributed by atoms with Crippen LogP contribution in [0.2, 0.25) is 5.02 Å². The molecule has 0 aromatic heterocycles. The second kappa shape index (κ2) is 8.20. The highest BCUT2D eigenvalue weighted by Gasteiger charge is 2.17. The molecule has 2 aliphatic heterocycles. The van der Waals surface area contributed by atoms with Crippen molar-refractivity contribution in [2.24, 2.45) is 0 Å². The van der Waals surface area contributed by atoms with Crippen molar-refractivity contribution in [3.05, 3.63) is 22.7 Å². The Morgan fingerprint density at radius 2 is 2.00 bits per heavy atom. The van der Waals surface area contributed by atoms with Gasteiger partial charge in [-0.05, 0) is 50.0 Å².